The first-order valence-electron chi connectivity index (χ1n) is 7.03. The molecule has 0 radical (unpaired) electrons. The van der Waals surface area contributed by atoms with Gasteiger partial charge in [0.1, 0.15) is 11.5 Å². The van der Waals surface area contributed by atoms with Crippen LogP contribution in [0.1, 0.15) is 38.2 Å². The van der Waals surface area contributed by atoms with Crippen molar-refractivity contribution in [3.63, 3.8) is 0 Å². The first kappa shape index (κ1) is 16.4. The van der Waals surface area contributed by atoms with E-state index in [9.17, 15) is 4.79 Å². The van der Waals surface area contributed by atoms with E-state index in [4.69, 9.17) is 4.74 Å². The van der Waals surface area contributed by atoms with Crippen LogP contribution in [0.25, 0.3) is 0 Å². The first-order chi connectivity index (χ1) is 9.49. The molecule has 0 aromatic carbocycles. The third-order valence-electron chi connectivity index (χ3n) is 2.95. The fraction of sp³-hybridized carbons (Fsp3) is 0.600. The number of hydrogen-bond donors (Lipinski definition) is 1. The molecule has 1 aromatic heterocycles. The molecule has 1 aromatic rings. The molecule has 0 spiro atoms. The number of amides is 1. The maximum atomic E-state index is 12.5. The van der Waals surface area contributed by atoms with Gasteiger partial charge in [-0.05, 0) is 39.8 Å². The number of hydrogen-bond acceptors (Lipinski definition) is 4. The Kier molecular flexibility index (Phi) is 6.45. The van der Waals surface area contributed by atoms with Gasteiger partial charge in [-0.2, -0.15) is 0 Å². The highest BCUT2D eigenvalue weighted by atomic mass is 16.5. The Morgan fingerprint density at radius 2 is 2.10 bits per heavy atom. The average molecular weight is 279 g/mol. The Labute approximate surface area is 121 Å². The number of anilines is 1. The summed E-state index contributed by atoms with van der Waals surface area (Å²) in [5.74, 6) is 0.658. The van der Waals surface area contributed by atoms with Gasteiger partial charge in [0.05, 0.1) is 12.6 Å². The Balaban J connectivity index is 2.89. The lowest BCUT2D eigenvalue weighted by molar-refractivity contribution is 0.0574. The number of aromatic nitrogens is 1. The Hall–Kier alpha value is -1.62. The van der Waals surface area contributed by atoms with Crippen molar-refractivity contribution < 1.29 is 9.53 Å². The van der Waals surface area contributed by atoms with E-state index in [2.05, 4.69) is 10.3 Å². The Bertz CT molecular complexity index is 435. The molecule has 1 amide bonds. The van der Waals surface area contributed by atoms with E-state index in [0.717, 1.165) is 5.82 Å². The monoisotopic (exact) mass is 279 g/mol. The number of likely N-dealkylation sites (N-methyl/N-ethyl adjacent to an activating group) is 1. The second-order valence-corrected chi connectivity index (χ2v) is 5.10. The number of methoxy groups -OCH3 is 1. The highest BCUT2D eigenvalue weighted by Gasteiger charge is 2.21. The third-order valence-corrected chi connectivity index (χ3v) is 2.95. The molecular weight excluding hydrogens is 254 g/mol. The van der Waals surface area contributed by atoms with Crippen molar-refractivity contribution in [2.45, 2.75) is 39.8 Å². The van der Waals surface area contributed by atoms with Crippen LogP contribution in [0.4, 0.5) is 5.82 Å². The maximum Gasteiger partial charge on any atom is 0.272 e. The molecule has 0 fully saturated rings. The van der Waals surface area contributed by atoms with Crippen LogP contribution >= 0.6 is 0 Å². The minimum atomic E-state index is -0.0653. The number of pyridine rings is 1. The second-order valence-electron chi connectivity index (χ2n) is 5.10. The molecule has 1 atom stereocenters. The van der Waals surface area contributed by atoms with Gasteiger partial charge in [-0.3, -0.25) is 4.79 Å². The molecule has 5 nitrogen and oxygen atoms in total. The summed E-state index contributed by atoms with van der Waals surface area (Å²) in [6.45, 7) is 9.15. The van der Waals surface area contributed by atoms with Crippen molar-refractivity contribution in [3.8, 4) is 0 Å². The van der Waals surface area contributed by atoms with E-state index in [1.807, 2.05) is 39.8 Å². The molecule has 0 aliphatic rings. The van der Waals surface area contributed by atoms with Crippen molar-refractivity contribution >= 4 is 11.7 Å². The molecule has 112 valence electrons. The van der Waals surface area contributed by atoms with E-state index >= 15 is 0 Å². The highest BCUT2D eigenvalue weighted by molar-refractivity contribution is 5.92. The third kappa shape index (κ3) is 4.49. The quantitative estimate of drug-likeness (QED) is 0.832. The lowest BCUT2D eigenvalue weighted by Crippen LogP contribution is -2.41. The summed E-state index contributed by atoms with van der Waals surface area (Å²) in [6, 6.07) is 5.77. The van der Waals surface area contributed by atoms with Gasteiger partial charge in [0.25, 0.3) is 5.91 Å². The van der Waals surface area contributed by atoms with E-state index in [1.165, 1.54) is 0 Å². The van der Waals surface area contributed by atoms with Crippen LogP contribution in [0.2, 0.25) is 0 Å². The summed E-state index contributed by atoms with van der Waals surface area (Å²) in [4.78, 5) is 18.7. The van der Waals surface area contributed by atoms with E-state index in [1.54, 1.807) is 18.1 Å². The van der Waals surface area contributed by atoms with Gasteiger partial charge in [0.2, 0.25) is 0 Å². The van der Waals surface area contributed by atoms with Gasteiger partial charge in [0.15, 0.2) is 0 Å². The smallest absolute Gasteiger partial charge is 0.272 e. The zero-order chi connectivity index (χ0) is 15.1. The van der Waals surface area contributed by atoms with Gasteiger partial charge >= 0.3 is 0 Å². The van der Waals surface area contributed by atoms with Crippen molar-refractivity contribution in [3.05, 3.63) is 23.9 Å². The summed E-state index contributed by atoms with van der Waals surface area (Å²) >= 11 is 0. The molecule has 0 saturated carbocycles. The minimum absolute atomic E-state index is 0.0287. The lowest BCUT2D eigenvalue weighted by Gasteiger charge is -2.27. The highest BCUT2D eigenvalue weighted by Crippen LogP contribution is 2.11. The van der Waals surface area contributed by atoms with Crippen LogP contribution in [-0.2, 0) is 4.74 Å². The van der Waals surface area contributed by atoms with Crippen molar-refractivity contribution in [2.75, 3.05) is 25.6 Å². The maximum absolute atomic E-state index is 12.5. The van der Waals surface area contributed by atoms with E-state index in [-0.39, 0.29) is 18.0 Å². The first-order valence-corrected chi connectivity index (χ1v) is 7.03. The molecule has 1 rings (SSSR count). The fourth-order valence-electron chi connectivity index (χ4n) is 2.06. The Morgan fingerprint density at radius 3 is 2.65 bits per heavy atom. The van der Waals surface area contributed by atoms with Gasteiger partial charge in [0, 0.05) is 19.7 Å². The van der Waals surface area contributed by atoms with Crippen molar-refractivity contribution in [2.24, 2.45) is 0 Å². The van der Waals surface area contributed by atoms with Crippen LogP contribution in [-0.4, -0.2) is 48.1 Å². The normalized spacial score (nSPS) is 12.3. The van der Waals surface area contributed by atoms with Crippen LogP contribution in [0.15, 0.2) is 18.2 Å². The zero-order valence-corrected chi connectivity index (χ0v) is 13.0. The molecule has 20 heavy (non-hydrogen) atoms. The summed E-state index contributed by atoms with van der Waals surface area (Å²) < 4.78 is 5.12. The molecule has 0 saturated heterocycles. The molecular formula is C15H25N3O2. The van der Waals surface area contributed by atoms with E-state index < -0.39 is 0 Å². The number of rotatable bonds is 7. The van der Waals surface area contributed by atoms with Gasteiger partial charge in [-0.15, -0.1) is 0 Å². The predicted molar refractivity (Wildman–Crippen MR) is 81.0 cm³/mol. The molecule has 1 heterocycles. The number of carbonyl (C=O) groups is 1. The SMILES string of the molecule is CCN(C(=O)c1cccc(NC(C)C)n1)C(C)COC. The number of ether oxygens (including phenoxy) is 1. The second kappa shape index (κ2) is 7.85. The molecule has 5 heteroatoms. The van der Waals surface area contributed by atoms with Gasteiger partial charge in [-0.1, -0.05) is 6.07 Å². The summed E-state index contributed by atoms with van der Waals surface area (Å²) in [7, 11) is 1.64. The summed E-state index contributed by atoms with van der Waals surface area (Å²) in [6.07, 6.45) is 0. The standard InChI is InChI=1S/C15H25N3O2/c1-6-18(12(4)10-20-5)15(19)13-8-7-9-14(17-13)16-11(2)3/h7-9,11-12H,6,10H2,1-5H3,(H,16,17). The van der Waals surface area contributed by atoms with Crippen molar-refractivity contribution in [1.29, 1.82) is 0 Å². The zero-order valence-electron chi connectivity index (χ0n) is 13.0. The van der Waals surface area contributed by atoms with Gasteiger partial charge in [-0.25, -0.2) is 4.98 Å². The number of nitrogens with one attached hydrogen (secondary N) is 1. The van der Waals surface area contributed by atoms with E-state index in [0.29, 0.717) is 18.8 Å². The molecule has 1 N–H and O–H groups in total. The lowest BCUT2D eigenvalue weighted by atomic mass is 10.2. The molecule has 0 bridgehead atoms. The van der Waals surface area contributed by atoms with Crippen molar-refractivity contribution in [1.82, 2.24) is 9.88 Å². The predicted octanol–water partition coefficient (Wildman–Crippen LogP) is 2.40. The number of carbonyl (C=O) groups excluding carboxylic acids is 1. The molecule has 0 aliphatic heterocycles. The van der Waals surface area contributed by atoms with Crippen LogP contribution < -0.4 is 5.32 Å². The van der Waals surface area contributed by atoms with Crippen LogP contribution in [0.3, 0.4) is 0 Å². The van der Waals surface area contributed by atoms with Crippen LogP contribution in [0, 0.1) is 0 Å². The summed E-state index contributed by atoms with van der Waals surface area (Å²) in [5, 5.41) is 3.20. The topological polar surface area (TPSA) is 54.5 Å². The number of nitrogens with zero attached hydrogens (tertiary/aromatic N) is 2. The average Bonchev–Trinajstić information content (AvgIpc) is 2.39. The molecule has 1 unspecified atom stereocenters. The van der Waals surface area contributed by atoms with Gasteiger partial charge < -0.3 is 15.0 Å². The Morgan fingerprint density at radius 1 is 1.40 bits per heavy atom. The fourth-order valence-corrected chi connectivity index (χ4v) is 2.06. The summed E-state index contributed by atoms with van der Waals surface area (Å²) in [5.41, 5.74) is 0.459. The largest absolute Gasteiger partial charge is 0.383 e. The minimum Gasteiger partial charge on any atom is -0.383 e. The van der Waals surface area contributed by atoms with Crippen LogP contribution in [0.5, 0.6) is 0 Å². The molecule has 0 aliphatic carbocycles.